The number of likely N-dealkylation sites (N-methyl/N-ethyl adjacent to an activating group) is 1. The molecule has 0 aliphatic rings. The number of nitrogens with zero attached hydrogens (tertiary/aromatic N) is 1. The summed E-state index contributed by atoms with van der Waals surface area (Å²) in [6, 6.07) is 5.28. The minimum atomic E-state index is -4.31. The molecule has 0 amide bonds. The molecule has 1 atom stereocenters. The molecule has 5 heteroatoms. The predicted molar refractivity (Wildman–Crippen MR) is 75.4 cm³/mol. The summed E-state index contributed by atoms with van der Waals surface area (Å²) in [7, 11) is 1.91. The lowest BCUT2D eigenvalue weighted by atomic mass is 10.0. The van der Waals surface area contributed by atoms with Crippen molar-refractivity contribution in [2.75, 3.05) is 20.1 Å². The van der Waals surface area contributed by atoms with Crippen LogP contribution >= 0.6 is 0 Å². The molecule has 0 fully saturated rings. The van der Waals surface area contributed by atoms with E-state index in [4.69, 9.17) is 5.73 Å². The van der Waals surface area contributed by atoms with E-state index >= 15 is 0 Å². The van der Waals surface area contributed by atoms with Crippen molar-refractivity contribution in [2.45, 2.75) is 38.4 Å². The van der Waals surface area contributed by atoms with Crippen LogP contribution in [-0.2, 0) is 6.18 Å². The maximum Gasteiger partial charge on any atom is 0.416 e. The van der Waals surface area contributed by atoms with Gasteiger partial charge in [0.2, 0.25) is 0 Å². The SMILES string of the molecule is CCCCCN(C)C(CN)c1cccc(C(F)(F)F)c1. The third-order valence-corrected chi connectivity index (χ3v) is 3.47. The van der Waals surface area contributed by atoms with Crippen LogP contribution in [0.3, 0.4) is 0 Å². The first kappa shape index (κ1) is 17.0. The van der Waals surface area contributed by atoms with E-state index in [1.807, 2.05) is 11.9 Å². The Morgan fingerprint density at radius 2 is 1.95 bits per heavy atom. The van der Waals surface area contributed by atoms with Crippen LogP contribution in [0.25, 0.3) is 0 Å². The lowest BCUT2D eigenvalue weighted by Gasteiger charge is -2.27. The number of benzene rings is 1. The number of hydrogen-bond donors (Lipinski definition) is 1. The van der Waals surface area contributed by atoms with E-state index in [1.165, 1.54) is 12.1 Å². The topological polar surface area (TPSA) is 29.3 Å². The predicted octanol–water partition coefficient (Wildman–Crippen LogP) is 3.83. The van der Waals surface area contributed by atoms with Gasteiger partial charge in [-0.05, 0) is 37.7 Å². The smallest absolute Gasteiger partial charge is 0.329 e. The van der Waals surface area contributed by atoms with Crippen LogP contribution in [0.2, 0.25) is 0 Å². The Bertz CT molecular complexity index is 404. The minimum Gasteiger partial charge on any atom is -0.329 e. The van der Waals surface area contributed by atoms with Gasteiger partial charge in [0.1, 0.15) is 0 Å². The van der Waals surface area contributed by atoms with Gasteiger partial charge in [0.05, 0.1) is 5.56 Å². The van der Waals surface area contributed by atoms with Gasteiger partial charge in [0.25, 0.3) is 0 Å². The zero-order chi connectivity index (χ0) is 15.2. The number of hydrogen-bond acceptors (Lipinski definition) is 2. The third kappa shape index (κ3) is 4.80. The number of rotatable bonds is 7. The van der Waals surface area contributed by atoms with Gasteiger partial charge in [-0.1, -0.05) is 31.9 Å². The zero-order valence-electron chi connectivity index (χ0n) is 12.1. The van der Waals surface area contributed by atoms with Crippen LogP contribution in [0.1, 0.15) is 43.4 Å². The average molecular weight is 288 g/mol. The molecule has 2 N–H and O–H groups in total. The molecule has 0 spiro atoms. The lowest BCUT2D eigenvalue weighted by molar-refractivity contribution is -0.137. The highest BCUT2D eigenvalue weighted by Crippen LogP contribution is 2.31. The Morgan fingerprint density at radius 1 is 1.25 bits per heavy atom. The molecule has 0 heterocycles. The summed E-state index contributed by atoms with van der Waals surface area (Å²) < 4.78 is 38.2. The van der Waals surface area contributed by atoms with Crippen LogP contribution in [0.15, 0.2) is 24.3 Å². The molecule has 0 aliphatic heterocycles. The van der Waals surface area contributed by atoms with Crippen LogP contribution in [-0.4, -0.2) is 25.0 Å². The largest absolute Gasteiger partial charge is 0.416 e. The van der Waals surface area contributed by atoms with Gasteiger partial charge in [0.15, 0.2) is 0 Å². The molecular weight excluding hydrogens is 265 g/mol. The van der Waals surface area contributed by atoms with Gasteiger partial charge in [-0.15, -0.1) is 0 Å². The second-order valence-corrected chi connectivity index (χ2v) is 5.06. The Morgan fingerprint density at radius 3 is 2.50 bits per heavy atom. The first-order chi connectivity index (χ1) is 9.40. The van der Waals surface area contributed by atoms with Crippen molar-refractivity contribution in [3.8, 4) is 0 Å². The molecule has 20 heavy (non-hydrogen) atoms. The van der Waals surface area contributed by atoms with Gasteiger partial charge in [0, 0.05) is 12.6 Å². The molecular formula is C15H23F3N2. The summed E-state index contributed by atoms with van der Waals surface area (Å²) in [6.07, 6.45) is -1.05. The Hall–Kier alpha value is -1.07. The van der Waals surface area contributed by atoms with Crippen molar-refractivity contribution >= 4 is 0 Å². The van der Waals surface area contributed by atoms with E-state index in [9.17, 15) is 13.2 Å². The van der Waals surface area contributed by atoms with Crippen LogP contribution < -0.4 is 5.73 Å². The molecule has 0 radical (unpaired) electrons. The standard InChI is InChI=1S/C15H23F3N2/c1-3-4-5-9-20(2)14(11-19)12-7-6-8-13(10-12)15(16,17)18/h6-8,10,14H,3-5,9,11,19H2,1-2H3. The normalized spacial score (nSPS) is 13.8. The van der Waals surface area contributed by atoms with Gasteiger partial charge >= 0.3 is 6.18 Å². The lowest BCUT2D eigenvalue weighted by Crippen LogP contribution is -2.31. The molecule has 0 bridgehead atoms. The highest BCUT2D eigenvalue weighted by molar-refractivity contribution is 5.28. The van der Waals surface area contributed by atoms with Gasteiger partial charge in [-0.3, -0.25) is 4.90 Å². The molecule has 0 saturated heterocycles. The van der Waals surface area contributed by atoms with Crippen molar-refractivity contribution in [3.63, 3.8) is 0 Å². The monoisotopic (exact) mass is 288 g/mol. The number of alkyl halides is 3. The molecule has 1 aromatic rings. The second-order valence-electron chi connectivity index (χ2n) is 5.06. The van der Waals surface area contributed by atoms with E-state index in [-0.39, 0.29) is 6.04 Å². The number of halogens is 3. The number of unbranched alkanes of at least 4 members (excludes halogenated alkanes) is 2. The van der Waals surface area contributed by atoms with Crippen LogP contribution in [0.5, 0.6) is 0 Å². The Kier molecular flexibility index (Phi) is 6.49. The summed E-state index contributed by atoms with van der Waals surface area (Å²) in [5.74, 6) is 0. The fourth-order valence-corrected chi connectivity index (χ4v) is 2.26. The summed E-state index contributed by atoms with van der Waals surface area (Å²) in [6.45, 7) is 3.27. The van der Waals surface area contributed by atoms with Gasteiger partial charge in [-0.2, -0.15) is 13.2 Å². The Labute approximate surface area is 118 Å². The third-order valence-electron chi connectivity index (χ3n) is 3.47. The van der Waals surface area contributed by atoms with Gasteiger partial charge in [-0.25, -0.2) is 0 Å². The van der Waals surface area contributed by atoms with E-state index in [1.54, 1.807) is 6.07 Å². The van der Waals surface area contributed by atoms with E-state index in [0.29, 0.717) is 12.1 Å². The molecule has 0 aliphatic carbocycles. The summed E-state index contributed by atoms with van der Waals surface area (Å²) >= 11 is 0. The summed E-state index contributed by atoms with van der Waals surface area (Å²) in [5.41, 5.74) is 5.76. The molecule has 1 aromatic carbocycles. The van der Waals surface area contributed by atoms with Crippen LogP contribution in [0.4, 0.5) is 13.2 Å². The highest BCUT2D eigenvalue weighted by Gasteiger charge is 2.31. The van der Waals surface area contributed by atoms with Crippen molar-refractivity contribution in [3.05, 3.63) is 35.4 Å². The maximum absolute atomic E-state index is 12.7. The van der Waals surface area contributed by atoms with Crippen molar-refractivity contribution in [1.29, 1.82) is 0 Å². The number of nitrogens with two attached hydrogens (primary N) is 1. The zero-order valence-corrected chi connectivity index (χ0v) is 12.1. The summed E-state index contributed by atoms with van der Waals surface area (Å²) in [5, 5.41) is 0. The fraction of sp³-hybridized carbons (Fsp3) is 0.600. The van der Waals surface area contributed by atoms with E-state index < -0.39 is 11.7 Å². The average Bonchev–Trinajstić information content (AvgIpc) is 2.39. The quantitative estimate of drug-likeness (QED) is 0.773. The molecule has 0 saturated carbocycles. The van der Waals surface area contributed by atoms with Gasteiger partial charge < -0.3 is 5.73 Å². The minimum absolute atomic E-state index is 0.172. The van der Waals surface area contributed by atoms with E-state index in [2.05, 4.69) is 6.92 Å². The molecule has 2 nitrogen and oxygen atoms in total. The molecule has 0 aromatic heterocycles. The maximum atomic E-state index is 12.7. The Balaban J connectivity index is 2.84. The molecule has 114 valence electrons. The van der Waals surface area contributed by atoms with Crippen molar-refractivity contribution in [2.24, 2.45) is 5.73 Å². The van der Waals surface area contributed by atoms with Crippen molar-refractivity contribution < 1.29 is 13.2 Å². The highest BCUT2D eigenvalue weighted by atomic mass is 19.4. The molecule has 1 unspecified atom stereocenters. The first-order valence-corrected chi connectivity index (χ1v) is 6.97. The second kappa shape index (κ2) is 7.64. The summed E-state index contributed by atoms with van der Waals surface area (Å²) in [4.78, 5) is 2.03. The fourth-order valence-electron chi connectivity index (χ4n) is 2.26. The van der Waals surface area contributed by atoms with Crippen LogP contribution in [0, 0.1) is 0 Å². The molecule has 1 rings (SSSR count). The first-order valence-electron chi connectivity index (χ1n) is 6.97. The van der Waals surface area contributed by atoms with E-state index in [0.717, 1.165) is 31.9 Å². The van der Waals surface area contributed by atoms with Crippen molar-refractivity contribution in [1.82, 2.24) is 4.90 Å².